The molecule has 1 N–H and O–H groups in total. The summed E-state index contributed by atoms with van der Waals surface area (Å²) < 4.78 is 25.3. The van der Waals surface area contributed by atoms with Gasteiger partial charge < -0.3 is 9.47 Å². The molecule has 25 heavy (non-hydrogen) atoms. The third kappa shape index (κ3) is 6.00. The molecular weight excluding hydrogens is 438 g/mol. The summed E-state index contributed by atoms with van der Waals surface area (Å²) in [6, 6.07) is 9.81. The predicted octanol–water partition coefficient (Wildman–Crippen LogP) is 3.88. The lowest BCUT2D eigenvalue weighted by molar-refractivity contribution is -0.118. The number of benzene rings is 2. The Morgan fingerprint density at radius 2 is 2.00 bits per heavy atom. The van der Waals surface area contributed by atoms with Crippen molar-refractivity contribution >= 4 is 34.7 Å². The van der Waals surface area contributed by atoms with Gasteiger partial charge in [0.1, 0.15) is 12.4 Å². The number of hydrazone groups is 1. The Labute approximate surface area is 159 Å². The number of nitrogens with zero attached hydrogens (tertiary/aromatic N) is 1. The van der Waals surface area contributed by atoms with Gasteiger partial charge in [-0.15, -0.1) is 0 Å². The molecule has 0 atom stereocenters. The summed E-state index contributed by atoms with van der Waals surface area (Å²) in [5, 5.41) is 3.86. The molecule has 0 aromatic heterocycles. The molecule has 2 aromatic rings. The van der Waals surface area contributed by atoms with Crippen molar-refractivity contribution in [3.63, 3.8) is 0 Å². The van der Waals surface area contributed by atoms with Crippen molar-refractivity contribution < 1.29 is 18.7 Å². The lowest BCUT2D eigenvalue weighted by Crippen LogP contribution is -2.12. The summed E-state index contributed by atoms with van der Waals surface area (Å²) in [5.41, 5.74) is 3.99. The molecule has 0 heterocycles. The summed E-state index contributed by atoms with van der Waals surface area (Å²) in [7, 11) is 0. The highest BCUT2D eigenvalue weighted by molar-refractivity contribution is 14.1. The lowest BCUT2D eigenvalue weighted by Gasteiger charge is -2.14. The quantitative estimate of drug-likeness (QED) is 0.391. The molecule has 1 amide bonds. The van der Waals surface area contributed by atoms with Crippen LogP contribution in [-0.2, 0) is 11.4 Å². The molecule has 0 aliphatic rings. The minimum absolute atomic E-state index is 0.241. The van der Waals surface area contributed by atoms with Crippen LogP contribution in [0.2, 0.25) is 0 Å². The van der Waals surface area contributed by atoms with Gasteiger partial charge in [0.2, 0.25) is 5.91 Å². The maximum absolute atomic E-state index is 13.0. The largest absolute Gasteiger partial charge is 0.490 e. The lowest BCUT2D eigenvalue weighted by atomic mass is 10.2. The number of amides is 1. The summed E-state index contributed by atoms with van der Waals surface area (Å²) in [4.78, 5) is 10.9. The summed E-state index contributed by atoms with van der Waals surface area (Å²) in [6.07, 6.45) is 1.54. The van der Waals surface area contributed by atoms with Crippen LogP contribution in [0.5, 0.6) is 11.5 Å². The van der Waals surface area contributed by atoms with Crippen LogP contribution < -0.4 is 14.9 Å². The Bertz CT molecular complexity index is 764. The average molecular weight is 456 g/mol. The zero-order valence-corrected chi connectivity index (χ0v) is 16.0. The van der Waals surface area contributed by atoms with Gasteiger partial charge in [0.05, 0.1) is 16.4 Å². The maximum atomic E-state index is 13.0. The second-order valence-electron chi connectivity index (χ2n) is 5.10. The van der Waals surface area contributed by atoms with E-state index in [9.17, 15) is 9.18 Å². The fourth-order valence-corrected chi connectivity index (χ4v) is 2.78. The first-order chi connectivity index (χ1) is 12.0. The minimum Gasteiger partial charge on any atom is -0.490 e. The number of ether oxygens (including phenoxy) is 2. The highest BCUT2D eigenvalue weighted by Crippen LogP contribution is 2.34. The van der Waals surface area contributed by atoms with Crippen LogP contribution in [0.3, 0.4) is 0 Å². The molecule has 0 unspecified atom stereocenters. The molecule has 0 bridgehead atoms. The third-order valence-corrected chi connectivity index (χ3v) is 3.87. The first kappa shape index (κ1) is 19.2. The zero-order chi connectivity index (χ0) is 18.2. The average Bonchev–Trinajstić information content (AvgIpc) is 2.55. The standard InChI is InChI=1S/C18H18FIN2O3/c1-3-24-17-9-14(10-21-22-12(2)23)8-16(20)18(17)25-11-13-4-6-15(19)7-5-13/h4-10H,3,11H2,1-2H3,(H,22,23)/b21-10-. The van der Waals surface area contributed by atoms with E-state index in [0.29, 0.717) is 24.7 Å². The molecule has 0 aliphatic heterocycles. The van der Waals surface area contributed by atoms with Crippen LogP contribution in [0.1, 0.15) is 25.0 Å². The first-order valence-corrected chi connectivity index (χ1v) is 8.70. The van der Waals surface area contributed by atoms with Gasteiger partial charge in [0, 0.05) is 6.92 Å². The molecule has 7 heteroatoms. The van der Waals surface area contributed by atoms with Crippen LogP contribution in [0, 0.1) is 9.39 Å². The monoisotopic (exact) mass is 456 g/mol. The zero-order valence-electron chi connectivity index (χ0n) is 13.9. The van der Waals surface area contributed by atoms with E-state index in [0.717, 1.165) is 14.7 Å². The van der Waals surface area contributed by atoms with E-state index in [1.54, 1.807) is 18.2 Å². The SMILES string of the molecule is CCOc1cc(/C=N\NC(C)=O)cc(I)c1OCc1ccc(F)cc1. The van der Waals surface area contributed by atoms with Crippen molar-refractivity contribution in [3.8, 4) is 11.5 Å². The normalized spacial score (nSPS) is 10.7. The van der Waals surface area contributed by atoms with Crippen molar-refractivity contribution in [2.24, 2.45) is 5.10 Å². The van der Waals surface area contributed by atoms with Gasteiger partial charge in [0.25, 0.3) is 0 Å². The topological polar surface area (TPSA) is 59.9 Å². The van der Waals surface area contributed by atoms with Crippen LogP contribution in [0.25, 0.3) is 0 Å². The van der Waals surface area contributed by atoms with Gasteiger partial charge >= 0.3 is 0 Å². The predicted molar refractivity (Wildman–Crippen MR) is 102 cm³/mol. The Balaban J connectivity index is 2.19. The molecule has 2 rings (SSSR count). The number of carbonyl (C=O) groups is 1. The number of nitrogens with one attached hydrogen (secondary N) is 1. The number of hydrogen-bond donors (Lipinski definition) is 1. The number of hydrogen-bond acceptors (Lipinski definition) is 4. The van der Waals surface area contributed by atoms with Gasteiger partial charge in [-0.3, -0.25) is 4.79 Å². The van der Waals surface area contributed by atoms with E-state index in [4.69, 9.17) is 9.47 Å². The van der Waals surface area contributed by atoms with Gasteiger partial charge in [0.15, 0.2) is 11.5 Å². The van der Waals surface area contributed by atoms with Crippen LogP contribution >= 0.6 is 22.6 Å². The molecule has 0 radical (unpaired) electrons. The van der Waals surface area contributed by atoms with E-state index in [1.807, 2.05) is 13.0 Å². The Morgan fingerprint density at radius 1 is 1.28 bits per heavy atom. The van der Waals surface area contributed by atoms with Crippen LogP contribution in [0.4, 0.5) is 4.39 Å². The third-order valence-electron chi connectivity index (χ3n) is 3.06. The fraction of sp³-hybridized carbons (Fsp3) is 0.222. The maximum Gasteiger partial charge on any atom is 0.236 e. The van der Waals surface area contributed by atoms with Crippen molar-refractivity contribution in [3.05, 3.63) is 56.9 Å². The van der Waals surface area contributed by atoms with E-state index in [-0.39, 0.29) is 11.7 Å². The molecule has 0 spiro atoms. The van der Waals surface area contributed by atoms with Crippen molar-refractivity contribution in [1.82, 2.24) is 5.43 Å². The van der Waals surface area contributed by atoms with Gasteiger partial charge in [-0.25, -0.2) is 9.82 Å². The Kier molecular flexibility index (Phi) is 7.17. The van der Waals surface area contributed by atoms with E-state index < -0.39 is 0 Å². The van der Waals surface area contributed by atoms with Gasteiger partial charge in [-0.1, -0.05) is 12.1 Å². The summed E-state index contributed by atoms with van der Waals surface area (Å²) in [6.45, 7) is 4.05. The van der Waals surface area contributed by atoms with Crippen molar-refractivity contribution in [1.29, 1.82) is 0 Å². The molecule has 0 saturated carbocycles. The van der Waals surface area contributed by atoms with Gasteiger partial charge in [-0.05, 0) is 64.9 Å². The molecule has 0 aliphatic carbocycles. The molecular formula is C18H18FIN2O3. The van der Waals surface area contributed by atoms with Crippen molar-refractivity contribution in [2.75, 3.05) is 6.61 Å². The Morgan fingerprint density at radius 3 is 2.64 bits per heavy atom. The number of halogens is 2. The van der Waals surface area contributed by atoms with E-state index in [1.165, 1.54) is 25.3 Å². The highest BCUT2D eigenvalue weighted by atomic mass is 127. The smallest absolute Gasteiger partial charge is 0.236 e. The second kappa shape index (κ2) is 9.36. The summed E-state index contributed by atoms with van der Waals surface area (Å²) >= 11 is 2.15. The molecule has 0 saturated heterocycles. The van der Waals surface area contributed by atoms with E-state index >= 15 is 0 Å². The fourth-order valence-electron chi connectivity index (χ4n) is 2.00. The number of carbonyl (C=O) groups excluding carboxylic acids is 1. The molecule has 5 nitrogen and oxygen atoms in total. The minimum atomic E-state index is -0.281. The molecule has 2 aromatic carbocycles. The molecule has 0 fully saturated rings. The highest BCUT2D eigenvalue weighted by Gasteiger charge is 2.12. The van der Waals surface area contributed by atoms with Crippen molar-refractivity contribution in [2.45, 2.75) is 20.5 Å². The first-order valence-electron chi connectivity index (χ1n) is 7.62. The second-order valence-corrected chi connectivity index (χ2v) is 6.27. The number of rotatable bonds is 7. The van der Waals surface area contributed by atoms with Gasteiger partial charge in [-0.2, -0.15) is 5.10 Å². The summed E-state index contributed by atoms with van der Waals surface area (Å²) in [5.74, 6) is 0.676. The van der Waals surface area contributed by atoms with Crippen LogP contribution in [0.15, 0.2) is 41.5 Å². The van der Waals surface area contributed by atoms with E-state index in [2.05, 4.69) is 33.1 Å². The van der Waals surface area contributed by atoms with Crippen LogP contribution in [-0.4, -0.2) is 18.7 Å². The Hall–Kier alpha value is -2.16. The molecule has 132 valence electrons.